The van der Waals surface area contributed by atoms with E-state index in [1.54, 1.807) is 11.1 Å². The second-order valence-corrected chi connectivity index (χ2v) is 35.2. The fourth-order valence-electron chi connectivity index (χ4n) is 22.6. The minimum absolute atomic E-state index is 0.816. The number of fused-ring (bicyclic) bond motifs is 16. The molecule has 19 atom stereocenters. The van der Waals surface area contributed by atoms with Crippen molar-refractivity contribution in [1.29, 1.82) is 0 Å². The summed E-state index contributed by atoms with van der Waals surface area (Å²) in [5.74, 6) is 16.4. The van der Waals surface area contributed by atoms with E-state index in [0.717, 1.165) is 112 Å². The zero-order valence-electron chi connectivity index (χ0n) is 63.4. The van der Waals surface area contributed by atoms with Crippen molar-refractivity contribution in [3.8, 4) is 11.1 Å². The molecule has 0 amide bonds. The summed E-state index contributed by atoms with van der Waals surface area (Å²) in [6.07, 6.45) is 51.0. The molecule has 0 heterocycles. The lowest BCUT2D eigenvalue weighted by atomic mass is 9.80. The second-order valence-electron chi connectivity index (χ2n) is 35.2. The SMILES string of the molecule is C1=CC2CC1CC2Cc1ccc2ccccc2c1.C1=CC2CC1CC2Cc1cccc(-c2ccccc2)c1.C1=CC2CC1CC2Cc1cccc2ccccc12.C1=CC2CC1CC2c1ccccc1.CC1C2C=CC(C2)C1Cc1ccc2ccccc2c1.Cc1ccc2ccc(CC3CC4C=CC3C4)cc2c1. The largest absolute Gasteiger partial charge is 0.0851 e. The van der Waals surface area contributed by atoms with E-state index in [0.29, 0.717) is 0 Å². The van der Waals surface area contributed by atoms with E-state index in [2.05, 4.69) is 335 Å². The van der Waals surface area contributed by atoms with Crippen molar-refractivity contribution in [2.75, 3.05) is 0 Å². The van der Waals surface area contributed by atoms with Gasteiger partial charge in [0.05, 0.1) is 0 Å². The Kier molecular flexibility index (Phi) is 20.6. The summed E-state index contributed by atoms with van der Waals surface area (Å²) in [4.78, 5) is 0. The monoisotopic (exact) mass is 1390 g/mol. The van der Waals surface area contributed by atoms with Crippen LogP contribution in [0.1, 0.15) is 122 Å². The first kappa shape index (κ1) is 69.6. The van der Waals surface area contributed by atoms with Gasteiger partial charge < -0.3 is 0 Å². The van der Waals surface area contributed by atoms with Gasteiger partial charge in [0, 0.05) is 0 Å². The van der Waals surface area contributed by atoms with Gasteiger partial charge in [0.15, 0.2) is 0 Å². The van der Waals surface area contributed by atoms with Crippen LogP contribution in [-0.2, 0) is 32.1 Å². The molecule has 11 aromatic rings. The summed E-state index contributed by atoms with van der Waals surface area (Å²) >= 11 is 0. The molecular formula is C107H110. The third-order valence-corrected chi connectivity index (χ3v) is 28.3. The summed E-state index contributed by atoms with van der Waals surface area (Å²) in [6, 6.07) is 91.3. The Morgan fingerprint density at radius 2 is 0.664 bits per heavy atom. The summed E-state index contributed by atoms with van der Waals surface area (Å²) in [5.41, 5.74) is 13.1. The van der Waals surface area contributed by atoms with Gasteiger partial charge in [-0.3, -0.25) is 0 Å². The Balaban J connectivity index is 0.0000000911. The first-order valence-electron chi connectivity index (χ1n) is 41.9. The lowest BCUT2D eigenvalue weighted by Crippen LogP contribution is -2.19. The third-order valence-electron chi connectivity index (χ3n) is 28.3. The normalized spacial score (nSPS) is 30.0. The maximum Gasteiger partial charge on any atom is -0.00932 e. The van der Waals surface area contributed by atoms with Crippen LogP contribution in [0.5, 0.6) is 0 Å². The number of aryl methyl sites for hydroxylation is 1. The van der Waals surface area contributed by atoms with Gasteiger partial charge in [-0.25, -0.2) is 0 Å². The number of allylic oxidation sites excluding steroid dienone is 12. The van der Waals surface area contributed by atoms with Crippen LogP contribution in [0.25, 0.3) is 54.2 Å². The fraction of sp³-hybridized carbons (Fsp3) is 0.346. The molecule has 19 unspecified atom stereocenters. The van der Waals surface area contributed by atoms with Gasteiger partial charge >= 0.3 is 0 Å². The summed E-state index contributed by atoms with van der Waals surface area (Å²) in [5, 5.41) is 11.1. The van der Waals surface area contributed by atoms with E-state index in [1.807, 2.05) is 0 Å². The smallest absolute Gasteiger partial charge is 0.00932 e. The van der Waals surface area contributed by atoms with Crippen LogP contribution in [0.4, 0.5) is 0 Å². The van der Waals surface area contributed by atoms with Crippen molar-refractivity contribution in [3.63, 3.8) is 0 Å². The summed E-state index contributed by atoms with van der Waals surface area (Å²) < 4.78 is 0. The lowest BCUT2D eigenvalue weighted by molar-refractivity contribution is 0.333. The molecule has 6 saturated carbocycles. The molecule has 0 aromatic heterocycles. The van der Waals surface area contributed by atoms with Crippen molar-refractivity contribution >= 4 is 43.1 Å². The van der Waals surface area contributed by atoms with Crippen molar-refractivity contribution in [1.82, 2.24) is 0 Å². The van der Waals surface area contributed by atoms with Gasteiger partial charge in [-0.1, -0.05) is 334 Å². The van der Waals surface area contributed by atoms with E-state index >= 15 is 0 Å². The van der Waals surface area contributed by atoms with Crippen LogP contribution >= 0.6 is 0 Å². The molecule has 0 spiro atoms. The molecule has 0 heteroatoms. The maximum atomic E-state index is 2.47. The van der Waals surface area contributed by atoms with E-state index < -0.39 is 0 Å². The van der Waals surface area contributed by atoms with Gasteiger partial charge in [-0.15, -0.1) is 0 Å². The zero-order valence-corrected chi connectivity index (χ0v) is 63.4. The average Bonchev–Trinajstić information content (AvgIpc) is 1.69. The third kappa shape index (κ3) is 16.0. The number of rotatable bonds is 12. The van der Waals surface area contributed by atoms with Gasteiger partial charge in [0.25, 0.3) is 0 Å². The fourth-order valence-corrected chi connectivity index (χ4v) is 22.6. The predicted octanol–water partition coefficient (Wildman–Crippen LogP) is 27.4. The standard InChI is InChI=1S/C20H20.2C19H20.2C18H18.C13H14/c1-2-6-17(7-3-1)18-8-4-5-15(11-18)13-20-14-16-9-10-19(20)12-16;1-13-2-5-16-6-3-15(10-18(16)8-13)12-19-11-14-4-7-17(19)9-14;1-13-16-8-9-18(12-16)19(13)11-14-6-7-15-4-2-3-5-17(15)10-14;1-2-7-18-14(4-1)5-3-6-16(18)12-17-11-13-8-9-15(17)10-13;1-2-4-16-9-13(5-7-15(16)3-1)11-18-12-14-6-8-17(18)10-14;1-2-4-11(5-3-1)13-9-10-6-7-12(13)8-10/h1-11,16,19-20H,12-14H2;2-8,10,14,17,19H,9,11-12H2,1H3;2-10,13,16,18-19H,11-12H2,1H3;1-9,13,15,17H,10-12H2;1-9,14,17-18H,10-12H2;1-7,10,12-13H,8-9H2. The van der Waals surface area contributed by atoms with Gasteiger partial charge in [-0.2, -0.15) is 0 Å². The first-order chi connectivity index (χ1) is 52.7. The van der Waals surface area contributed by atoms with Crippen LogP contribution in [0.15, 0.2) is 322 Å². The molecule has 0 nitrogen and oxygen atoms in total. The first-order valence-corrected chi connectivity index (χ1v) is 41.9. The minimum Gasteiger partial charge on any atom is -0.0851 e. The van der Waals surface area contributed by atoms with E-state index in [4.69, 9.17) is 0 Å². The molecule has 538 valence electrons. The molecule has 12 aliphatic rings. The summed E-state index contributed by atoms with van der Waals surface area (Å²) in [6.45, 7) is 4.62. The van der Waals surface area contributed by atoms with Crippen LogP contribution in [0.3, 0.4) is 0 Å². The Hall–Kier alpha value is -9.10. The Morgan fingerprint density at radius 3 is 1.18 bits per heavy atom. The Morgan fingerprint density at radius 1 is 0.252 bits per heavy atom. The van der Waals surface area contributed by atoms with Crippen molar-refractivity contribution in [2.45, 2.75) is 122 Å². The molecule has 6 fully saturated rings. The lowest BCUT2D eigenvalue weighted by Gasteiger charge is -2.25. The number of hydrogen-bond donors (Lipinski definition) is 0. The van der Waals surface area contributed by atoms with E-state index in [1.165, 1.54) is 185 Å². The van der Waals surface area contributed by atoms with Crippen molar-refractivity contribution in [2.24, 2.45) is 107 Å². The van der Waals surface area contributed by atoms with Crippen molar-refractivity contribution < 1.29 is 0 Å². The second kappa shape index (κ2) is 31.6. The van der Waals surface area contributed by atoms with Crippen LogP contribution in [0.2, 0.25) is 0 Å². The molecule has 12 aliphatic carbocycles. The van der Waals surface area contributed by atoms with E-state index in [-0.39, 0.29) is 0 Å². The summed E-state index contributed by atoms with van der Waals surface area (Å²) in [7, 11) is 0. The maximum absolute atomic E-state index is 2.47. The molecule has 0 saturated heterocycles. The van der Waals surface area contributed by atoms with Gasteiger partial charge in [0.1, 0.15) is 0 Å². The van der Waals surface area contributed by atoms with Crippen LogP contribution in [0, 0.1) is 113 Å². The highest BCUT2D eigenvalue weighted by Gasteiger charge is 2.43. The molecule has 23 rings (SSSR count). The quantitative estimate of drug-likeness (QED) is 0.107. The van der Waals surface area contributed by atoms with Crippen LogP contribution in [-0.4, -0.2) is 0 Å². The molecule has 11 aromatic carbocycles. The topological polar surface area (TPSA) is 0 Å². The average molecular weight is 1400 g/mol. The van der Waals surface area contributed by atoms with Gasteiger partial charge in [-0.05, 0) is 310 Å². The highest BCUT2D eigenvalue weighted by atomic mass is 14.5. The van der Waals surface area contributed by atoms with E-state index in [9.17, 15) is 0 Å². The molecular weight excluding hydrogens is 1290 g/mol. The molecule has 0 radical (unpaired) electrons. The minimum atomic E-state index is 0.816. The van der Waals surface area contributed by atoms with Gasteiger partial charge in [0.2, 0.25) is 0 Å². The Labute approximate surface area is 639 Å². The number of benzene rings is 11. The number of hydrogen-bond acceptors (Lipinski definition) is 0. The molecule has 0 N–H and O–H groups in total. The predicted molar refractivity (Wildman–Crippen MR) is 454 cm³/mol. The molecule has 0 aliphatic heterocycles. The Bertz CT molecular complexity index is 5080. The highest BCUT2D eigenvalue weighted by molar-refractivity contribution is 5.87. The van der Waals surface area contributed by atoms with Crippen LogP contribution < -0.4 is 0 Å². The van der Waals surface area contributed by atoms with Crippen molar-refractivity contribution in [3.05, 3.63) is 361 Å². The molecule has 107 heavy (non-hydrogen) atoms. The molecule has 12 bridgehead atoms. The zero-order chi connectivity index (χ0) is 71.6. The highest BCUT2D eigenvalue weighted by Crippen LogP contribution is 2.52.